The average Bonchev–Trinajstić information content (AvgIpc) is 2.59. The molecule has 2 aromatic rings. The molecule has 3 amide bonds. The number of rotatable bonds is 5. The number of hydrogen-bond donors (Lipinski definition) is 2. The van der Waals surface area contributed by atoms with Crippen LogP contribution in [-0.4, -0.2) is 34.3 Å². The first-order valence-electron chi connectivity index (χ1n) is 7.63. The van der Waals surface area contributed by atoms with Gasteiger partial charge in [-0.15, -0.1) is 0 Å². The monoisotopic (exact) mass is 348 g/mol. The first kappa shape index (κ1) is 18.0. The lowest BCUT2D eigenvalue weighted by molar-refractivity contribution is -0.117. The number of para-hydroxylation sites is 1. The summed E-state index contributed by atoms with van der Waals surface area (Å²) in [5, 5.41) is 5.53. The molecule has 0 bridgehead atoms. The number of hydrogen-bond acceptors (Lipinski definition) is 5. The molecule has 1 aromatic heterocycles. The first-order chi connectivity index (χ1) is 11.5. The molecule has 1 aromatic carbocycles. The highest BCUT2D eigenvalue weighted by Crippen LogP contribution is 2.22. The number of benzene rings is 1. The highest BCUT2D eigenvalue weighted by atomic mass is 32.2. The van der Waals surface area contributed by atoms with Crippen molar-refractivity contribution in [2.24, 2.45) is 0 Å². The Bertz CT molecular complexity index is 819. The lowest BCUT2D eigenvalue weighted by atomic mass is 10.2. The van der Waals surface area contributed by atoms with Crippen molar-refractivity contribution >= 4 is 34.6 Å². The van der Waals surface area contributed by atoms with E-state index in [9.17, 15) is 14.4 Å². The Kier molecular flexibility index (Phi) is 5.97. The van der Waals surface area contributed by atoms with E-state index in [1.54, 1.807) is 22.8 Å². The number of carbonyl (C=O) groups is 2. The van der Waals surface area contributed by atoms with Crippen molar-refractivity contribution in [3.8, 4) is 0 Å². The summed E-state index contributed by atoms with van der Waals surface area (Å²) in [5.74, 6) is -0.452. The zero-order chi connectivity index (χ0) is 17.7. The fraction of sp³-hybridized carbons (Fsp3) is 0.375. The number of amides is 3. The molecule has 2 rings (SSSR count). The molecule has 0 aliphatic carbocycles. The zero-order valence-corrected chi connectivity index (χ0v) is 14.6. The van der Waals surface area contributed by atoms with Crippen LogP contribution < -0.4 is 16.2 Å². The maximum absolute atomic E-state index is 12.8. The summed E-state index contributed by atoms with van der Waals surface area (Å²) in [6, 6.07) is 6.53. The van der Waals surface area contributed by atoms with Gasteiger partial charge in [0, 0.05) is 13.1 Å². The van der Waals surface area contributed by atoms with Crippen LogP contribution in [0.25, 0.3) is 10.9 Å². The summed E-state index contributed by atoms with van der Waals surface area (Å²) >= 11 is 1.14. The second-order valence-electron chi connectivity index (χ2n) is 5.26. The van der Waals surface area contributed by atoms with Crippen molar-refractivity contribution in [3.63, 3.8) is 0 Å². The van der Waals surface area contributed by atoms with Crippen LogP contribution in [-0.2, 0) is 4.79 Å². The van der Waals surface area contributed by atoms with Crippen LogP contribution >= 0.6 is 11.8 Å². The number of fused-ring (bicyclic) bond motifs is 1. The third kappa shape index (κ3) is 3.94. The van der Waals surface area contributed by atoms with Gasteiger partial charge in [0.2, 0.25) is 5.91 Å². The van der Waals surface area contributed by atoms with Crippen LogP contribution in [0.15, 0.2) is 34.2 Å². The van der Waals surface area contributed by atoms with Crippen LogP contribution in [0.3, 0.4) is 0 Å². The number of nitrogens with zero attached hydrogens (tertiary/aromatic N) is 2. The summed E-state index contributed by atoms with van der Waals surface area (Å²) in [7, 11) is 1.43. The molecule has 0 spiro atoms. The van der Waals surface area contributed by atoms with Gasteiger partial charge in [-0.05, 0) is 25.5 Å². The van der Waals surface area contributed by atoms with Gasteiger partial charge in [0.15, 0.2) is 5.16 Å². The van der Waals surface area contributed by atoms with Crippen molar-refractivity contribution in [2.75, 3.05) is 12.8 Å². The molecule has 24 heavy (non-hydrogen) atoms. The van der Waals surface area contributed by atoms with Crippen LogP contribution in [0.1, 0.15) is 26.3 Å². The van der Waals surface area contributed by atoms with Gasteiger partial charge in [0.1, 0.15) is 0 Å². The van der Waals surface area contributed by atoms with Gasteiger partial charge in [0.25, 0.3) is 5.56 Å². The Balaban J connectivity index is 2.35. The Morgan fingerprint density at radius 3 is 2.71 bits per heavy atom. The predicted molar refractivity (Wildman–Crippen MR) is 94.3 cm³/mol. The van der Waals surface area contributed by atoms with Crippen molar-refractivity contribution in [3.05, 3.63) is 34.6 Å². The summed E-state index contributed by atoms with van der Waals surface area (Å²) in [6.07, 6.45) is 0.762. The fourth-order valence-electron chi connectivity index (χ4n) is 2.15. The molecule has 0 fully saturated rings. The first-order valence-corrected chi connectivity index (χ1v) is 8.62. The van der Waals surface area contributed by atoms with Gasteiger partial charge in [-0.25, -0.2) is 9.78 Å². The molecule has 1 unspecified atom stereocenters. The summed E-state index contributed by atoms with van der Waals surface area (Å²) < 4.78 is 1.61. The van der Waals surface area contributed by atoms with Gasteiger partial charge < -0.3 is 5.32 Å². The number of urea groups is 1. The largest absolute Gasteiger partial charge is 0.341 e. The number of carbonyl (C=O) groups excluding carboxylic acids is 2. The minimum absolute atomic E-state index is 0.00532. The van der Waals surface area contributed by atoms with Crippen molar-refractivity contribution < 1.29 is 9.59 Å². The molecule has 0 aliphatic heterocycles. The third-order valence-corrected chi connectivity index (χ3v) is 4.57. The predicted octanol–water partition coefficient (Wildman–Crippen LogP) is 1.92. The Hall–Kier alpha value is -2.35. The van der Waals surface area contributed by atoms with Gasteiger partial charge in [-0.2, -0.15) is 0 Å². The van der Waals surface area contributed by atoms with E-state index in [0.717, 1.165) is 18.2 Å². The number of thioether (sulfide) groups is 1. The van der Waals surface area contributed by atoms with E-state index in [-0.39, 0.29) is 17.4 Å². The highest BCUT2D eigenvalue weighted by Gasteiger charge is 2.17. The van der Waals surface area contributed by atoms with E-state index >= 15 is 0 Å². The molecule has 0 aliphatic rings. The number of nitrogens with one attached hydrogen (secondary N) is 2. The Morgan fingerprint density at radius 2 is 2.04 bits per heavy atom. The van der Waals surface area contributed by atoms with E-state index in [0.29, 0.717) is 16.1 Å². The molecule has 1 heterocycles. The summed E-state index contributed by atoms with van der Waals surface area (Å²) in [4.78, 5) is 40.2. The maximum atomic E-state index is 12.8. The van der Waals surface area contributed by atoms with Gasteiger partial charge in [-0.1, -0.05) is 30.8 Å². The van der Waals surface area contributed by atoms with Crippen LogP contribution in [0.2, 0.25) is 0 Å². The second kappa shape index (κ2) is 7.96. The SMILES string of the molecule is CCC(C)n1c(SCC(=O)NC(=O)NC)nc2ccccc2c1=O. The molecule has 1 atom stereocenters. The fourth-order valence-corrected chi connectivity index (χ4v) is 3.05. The average molecular weight is 348 g/mol. The van der Waals surface area contributed by atoms with Crippen LogP contribution in [0.5, 0.6) is 0 Å². The van der Waals surface area contributed by atoms with E-state index in [1.165, 1.54) is 7.05 Å². The summed E-state index contributed by atoms with van der Waals surface area (Å²) in [5.41, 5.74) is 0.473. The molecular weight excluding hydrogens is 328 g/mol. The van der Waals surface area contributed by atoms with E-state index in [4.69, 9.17) is 0 Å². The summed E-state index contributed by atoms with van der Waals surface area (Å²) in [6.45, 7) is 3.92. The van der Waals surface area contributed by atoms with Gasteiger partial charge >= 0.3 is 6.03 Å². The normalized spacial score (nSPS) is 12.0. The van der Waals surface area contributed by atoms with Crippen LogP contribution in [0.4, 0.5) is 4.79 Å². The minimum atomic E-state index is -0.564. The number of aromatic nitrogens is 2. The quantitative estimate of drug-likeness (QED) is 0.636. The van der Waals surface area contributed by atoms with E-state index in [2.05, 4.69) is 15.6 Å². The van der Waals surface area contributed by atoms with Gasteiger partial charge in [0.05, 0.1) is 16.7 Å². The number of imide groups is 1. The highest BCUT2D eigenvalue weighted by molar-refractivity contribution is 7.99. The molecule has 0 saturated heterocycles. The molecule has 7 nitrogen and oxygen atoms in total. The second-order valence-corrected chi connectivity index (χ2v) is 6.20. The molecule has 8 heteroatoms. The van der Waals surface area contributed by atoms with Crippen LogP contribution in [0, 0.1) is 0 Å². The topological polar surface area (TPSA) is 93.1 Å². The van der Waals surface area contributed by atoms with Crippen molar-refractivity contribution in [1.29, 1.82) is 0 Å². The van der Waals surface area contributed by atoms with E-state index < -0.39 is 11.9 Å². The lowest BCUT2D eigenvalue weighted by Crippen LogP contribution is -2.38. The molecule has 2 N–H and O–H groups in total. The van der Waals surface area contributed by atoms with Gasteiger partial charge in [-0.3, -0.25) is 19.5 Å². The Labute approximate surface area is 143 Å². The standard InChI is InChI=1S/C16H20N4O3S/c1-4-10(2)20-14(22)11-7-5-6-8-12(11)18-16(20)24-9-13(21)19-15(23)17-3/h5-8,10H,4,9H2,1-3H3,(H2,17,19,21,23). The molecule has 128 valence electrons. The smallest absolute Gasteiger partial charge is 0.321 e. The minimum Gasteiger partial charge on any atom is -0.341 e. The van der Waals surface area contributed by atoms with Crippen molar-refractivity contribution in [2.45, 2.75) is 31.5 Å². The van der Waals surface area contributed by atoms with E-state index in [1.807, 2.05) is 19.9 Å². The molecule has 0 saturated carbocycles. The van der Waals surface area contributed by atoms with Crippen molar-refractivity contribution in [1.82, 2.24) is 20.2 Å². The maximum Gasteiger partial charge on any atom is 0.321 e. The molecular formula is C16H20N4O3S. The lowest BCUT2D eigenvalue weighted by Gasteiger charge is -2.18. The zero-order valence-electron chi connectivity index (χ0n) is 13.8. The molecule has 0 radical (unpaired) electrons. The third-order valence-electron chi connectivity index (χ3n) is 3.62. The Morgan fingerprint density at radius 1 is 1.33 bits per heavy atom.